The van der Waals surface area contributed by atoms with Gasteiger partial charge in [0.1, 0.15) is 24.4 Å². The first kappa shape index (κ1) is 17.1. The Kier molecular flexibility index (Phi) is 4.90. The molecule has 0 aromatic heterocycles. The van der Waals surface area contributed by atoms with E-state index in [0.717, 1.165) is 11.1 Å². The predicted octanol–water partition coefficient (Wildman–Crippen LogP) is 2.35. The van der Waals surface area contributed by atoms with Crippen molar-refractivity contribution in [1.82, 2.24) is 0 Å². The first-order valence-corrected chi connectivity index (χ1v) is 8.42. The minimum atomic E-state index is -0.842. The van der Waals surface area contributed by atoms with Gasteiger partial charge in [-0.05, 0) is 0 Å². The highest BCUT2D eigenvalue weighted by atomic mass is 16.8. The largest absolute Gasteiger partial charge is 0.339 e. The Morgan fingerprint density at radius 1 is 0.577 bits per heavy atom. The van der Waals surface area contributed by atoms with Gasteiger partial charge in [-0.3, -0.25) is 0 Å². The number of benzene rings is 2. The van der Waals surface area contributed by atoms with Crippen LogP contribution in [0, 0.1) is 0 Å². The summed E-state index contributed by atoms with van der Waals surface area (Å²) in [6.45, 7) is 0. The third kappa shape index (κ3) is 3.20. The summed E-state index contributed by atoms with van der Waals surface area (Å²) < 4.78 is 23.3. The lowest BCUT2D eigenvalue weighted by molar-refractivity contribution is -0.121. The van der Waals surface area contributed by atoms with E-state index in [9.17, 15) is 9.59 Å². The summed E-state index contributed by atoms with van der Waals surface area (Å²) in [6, 6.07) is 18.6. The Morgan fingerprint density at radius 3 is 1.31 bits per heavy atom. The van der Waals surface area contributed by atoms with E-state index in [-0.39, 0.29) is 0 Å². The summed E-state index contributed by atoms with van der Waals surface area (Å²) in [6.07, 6.45) is -3.19. The van der Waals surface area contributed by atoms with Gasteiger partial charge < -0.3 is 28.5 Å². The van der Waals surface area contributed by atoms with Crippen LogP contribution in [0.1, 0.15) is 23.7 Å². The van der Waals surface area contributed by atoms with E-state index in [4.69, 9.17) is 18.9 Å². The van der Waals surface area contributed by atoms with Gasteiger partial charge in [-0.1, -0.05) is 60.7 Å². The minimum absolute atomic E-state index is 0.675. The highest BCUT2D eigenvalue weighted by Gasteiger charge is 2.50. The van der Waals surface area contributed by atoms with Crippen molar-refractivity contribution in [3.05, 3.63) is 71.8 Å². The average molecular weight is 354 g/mol. The molecule has 0 saturated carbocycles. The Morgan fingerprint density at radius 2 is 0.962 bits per heavy atom. The second-order valence-corrected chi connectivity index (χ2v) is 6.16. The first-order chi connectivity index (χ1) is 12.8. The van der Waals surface area contributed by atoms with E-state index in [1.165, 1.54) is 0 Å². The molecule has 2 aliphatic rings. The number of hydrogen-bond donors (Lipinski definition) is 0. The molecule has 0 bridgehead atoms. The van der Waals surface area contributed by atoms with Crippen LogP contribution in [-0.2, 0) is 28.5 Å². The van der Waals surface area contributed by atoms with Crippen molar-refractivity contribution in [2.75, 3.05) is 0 Å². The molecule has 6 nitrogen and oxygen atoms in total. The van der Waals surface area contributed by atoms with Crippen molar-refractivity contribution in [2.45, 2.75) is 37.0 Å². The molecule has 2 aromatic rings. The van der Waals surface area contributed by atoms with Crippen LogP contribution in [-0.4, -0.2) is 37.0 Å². The van der Waals surface area contributed by atoms with Crippen molar-refractivity contribution >= 4 is 12.6 Å². The SMILES string of the molecule is O=C[C@@H]1O[C@H](c2ccccc2)O[C@@H]1[C@@H]1O[C@H](c2ccccc2)O[C@H]1C=O. The van der Waals surface area contributed by atoms with Crippen LogP contribution < -0.4 is 0 Å². The van der Waals surface area contributed by atoms with Gasteiger partial charge in [-0.25, -0.2) is 0 Å². The fourth-order valence-corrected chi connectivity index (χ4v) is 3.23. The standard InChI is InChI=1S/C20H18O6/c21-11-15-17(25-19(23-15)13-7-3-1-4-8-13)18-16(12-22)24-20(26-18)14-9-5-2-6-10-14/h1-12,15-20H/t15-,16-,17-,18+,19-,20+/m0/s1. The quantitative estimate of drug-likeness (QED) is 0.768. The van der Waals surface area contributed by atoms with Gasteiger partial charge >= 0.3 is 0 Å². The number of aldehydes is 2. The van der Waals surface area contributed by atoms with Gasteiger partial charge in [0.05, 0.1) is 0 Å². The highest BCUT2D eigenvalue weighted by molar-refractivity contribution is 5.61. The molecular weight excluding hydrogens is 336 g/mol. The number of hydrogen-bond acceptors (Lipinski definition) is 6. The lowest BCUT2D eigenvalue weighted by atomic mass is 10.0. The van der Waals surface area contributed by atoms with Crippen molar-refractivity contribution in [1.29, 1.82) is 0 Å². The Hall–Kier alpha value is -2.38. The predicted molar refractivity (Wildman–Crippen MR) is 90.0 cm³/mol. The molecule has 26 heavy (non-hydrogen) atoms. The maximum Gasteiger partial charge on any atom is 0.185 e. The molecule has 2 aromatic carbocycles. The minimum Gasteiger partial charge on any atom is -0.339 e. The molecule has 0 aliphatic carbocycles. The van der Waals surface area contributed by atoms with Crippen LogP contribution in [0.25, 0.3) is 0 Å². The molecule has 134 valence electrons. The average Bonchev–Trinajstić information content (AvgIpc) is 3.33. The zero-order chi connectivity index (χ0) is 17.9. The summed E-state index contributed by atoms with van der Waals surface area (Å²) in [5, 5.41) is 0. The van der Waals surface area contributed by atoms with Crippen LogP contribution in [0.5, 0.6) is 0 Å². The third-order valence-corrected chi connectivity index (χ3v) is 4.51. The summed E-state index contributed by atoms with van der Waals surface area (Å²) in [5.74, 6) is 0. The topological polar surface area (TPSA) is 71.1 Å². The zero-order valence-electron chi connectivity index (χ0n) is 13.8. The molecular formula is C20H18O6. The molecule has 0 N–H and O–H groups in total. The third-order valence-electron chi connectivity index (χ3n) is 4.51. The van der Waals surface area contributed by atoms with E-state index < -0.39 is 37.0 Å². The normalized spacial score (nSPS) is 33.8. The maximum atomic E-state index is 11.5. The van der Waals surface area contributed by atoms with Crippen LogP contribution in [0.15, 0.2) is 60.7 Å². The summed E-state index contributed by atoms with van der Waals surface area (Å²) in [4.78, 5) is 23.0. The fourth-order valence-electron chi connectivity index (χ4n) is 3.23. The van der Waals surface area contributed by atoms with Gasteiger partial charge in [-0.15, -0.1) is 0 Å². The highest BCUT2D eigenvalue weighted by Crippen LogP contribution is 2.39. The van der Waals surface area contributed by atoms with Crippen molar-refractivity contribution in [3.63, 3.8) is 0 Å². The van der Waals surface area contributed by atoms with E-state index in [1.54, 1.807) is 0 Å². The number of rotatable bonds is 5. The van der Waals surface area contributed by atoms with Crippen molar-refractivity contribution in [2.24, 2.45) is 0 Å². The fraction of sp³-hybridized carbons (Fsp3) is 0.300. The lowest BCUT2D eigenvalue weighted by Crippen LogP contribution is -2.42. The summed E-state index contributed by atoms with van der Waals surface area (Å²) in [7, 11) is 0. The van der Waals surface area contributed by atoms with Gasteiger partial charge in [0.2, 0.25) is 0 Å². The smallest absolute Gasteiger partial charge is 0.185 e. The van der Waals surface area contributed by atoms with Gasteiger partial charge in [0.25, 0.3) is 0 Å². The molecule has 0 unspecified atom stereocenters. The van der Waals surface area contributed by atoms with Crippen LogP contribution in [0.3, 0.4) is 0 Å². The molecule has 4 rings (SSSR count). The Labute approximate surface area is 150 Å². The lowest BCUT2D eigenvalue weighted by Gasteiger charge is -2.20. The Balaban J connectivity index is 1.55. The monoisotopic (exact) mass is 354 g/mol. The molecule has 2 aliphatic heterocycles. The molecule has 2 heterocycles. The first-order valence-electron chi connectivity index (χ1n) is 8.42. The molecule has 0 radical (unpaired) electrons. The molecule has 6 atom stereocenters. The summed E-state index contributed by atoms with van der Waals surface area (Å²) >= 11 is 0. The Bertz CT molecular complexity index is 684. The molecule has 0 spiro atoms. The van der Waals surface area contributed by atoms with E-state index in [2.05, 4.69) is 0 Å². The van der Waals surface area contributed by atoms with Crippen LogP contribution in [0.2, 0.25) is 0 Å². The van der Waals surface area contributed by atoms with Crippen molar-refractivity contribution in [3.8, 4) is 0 Å². The van der Waals surface area contributed by atoms with Gasteiger partial charge in [0.15, 0.2) is 25.2 Å². The zero-order valence-corrected chi connectivity index (χ0v) is 13.8. The van der Waals surface area contributed by atoms with Crippen molar-refractivity contribution < 1.29 is 28.5 Å². The summed E-state index contributed by atoms with van der Waals surface area (Å²) in [5.41, 5.74) is 1.59. The number of carbonyl (C=O) groups is 2. The molecule has 2 saturated heterocycles. The van der Waals surface area contributed by atoms with Gasteiger partial charge in [-0.2, -0.15) is 0 Å². The van der Waals surface area contributed by atoms with Crippen LogP contribution >= 0.6 is 0 Å². The maximum absolute atomic E-state index is 11.5. The van der Waals surface area contributed by atoms with Gasteiger partial charge in [0, 0.05) is 11.1 Å². The van der Waals surface area contributed by atoms with E-state index in [0.29, 0.717) is 12.6 Å². The van der Waals surface area contributed by atoms with E-state index >= 15 is 0 Å². The molecule has 0 amide bonds. The van der Waals surface area contributed by atoms with E-state index in [1.807, 2.05) is 60.7 Å². The number of ether oxygens (including phenoxy) is 4. The molecule has 2 fully saturated rings. The molecule has 6 heteroatoms. The second-order valence-electron chi connectivity index (χ2n) is 6.16. The second kappa shape index (κ2) is 7.47. The number of carbonyl (C=O) groups excluding carboxylic acids is 2. The van der Waals surface area contributed by atoms with Crippen LogP contribution in [0.4, 0.5) is 0 Å².